The number of rotatable bonds is 3. The van der Waals surface area contributed by atoms with Gasteiger partial charge in [0.05, 0.1) is 11.0 Å². The normalized spacial score (nSPS) is 11.8. The Balaban J connectivity index is 2.05. The molecule has 0 bridgehead atoms. The standard InChI is InChI=1S/C21H20BN2O2/c1-21(2,3)14-10-11-23-20(12-14)24-18-7-5-4-6-16(18)17-9-8-15(26-22-25)13-19(17)24/h4-13,25H,1-3H3. The lowest BCUT2D eigenvalue weighted by Crippen LogP contribution is -2.12. The fraction of sp³-hybridized carbons (Fsp3) is 0.190. The van der Waals surface area contributed by atoms with Gasteiger partial charge in [0.1, 0.15) is 11.6 Å². The van der Waals surface area contributed by atoms with Crippen molar-refractivity contribution >= 4 is 29.5 Å². The summed E-state index contributed by atoms with van der Waals surface area (Å²) in [6.07, 6.45) is 1.86. The van der Waals surface area contributed by atoms with Crippen molar-refractivity contribution in [3.05, 3.63) is 66.4 Å². The van der Waals surface area contributed by atoms with E-state index in [2.05, 4.69) is 54.6 Å². The fourth-order valence-corrected chi connectivity index (χ4v) is 3.34. The minimum Gasteiger partial charge on any atom is -0.537 e. The molecule has 5 heteroatoms. The summed E-state index contributed by atoms with van der Waals surface area (Å²) >= 11 is 0. The van der Waals surface area contributed by atoms with Crippen molar-refractivity contribution in [3.8, 4) is 11.6 Å². The van der Waals surface area contributed by atoms with E-state index in [1.165, 1.54) is 5.56 Å². The Morgan fingerprint density at radius 1 is 0.962 bits per heavy atom. The van der Waals surface area contributed by atoms with Crippen LogP contribution in [0.4, 0.5) is 0 Å². The average Bonchev–Trinajstić information content (AvgIpc) is 2.95. The first-order valence-corrected chi connectivity index (χ1v) is 8.62. The van der Waals surface area contributed by atoms with E-state index in [0.29, 0.717) is 13.4 Å². The van der Waals surface area contributed by atoms with Gasteiger partial charge >= 0.3 is 7.69 Å². The molecule has 4 aromatic rings. The lowest BCUT2D eigenvalue weighted by atomic mass is 9.88. The van der Waals surface area contributed by atoms with Gasteiger partial charge in [-0.05, 0) is 41.3 Å². The molecule has 26 heavy (non-hydrogen) atoms. The summed E-state index contributed by atoms with van der Waals surface area (Å²) in [5, 5.41) is 11.3. The number of pyridine rings is 1. The van der Waals surface area contributed by atoms with Gasteiger partial charge in [0.25, 0.3) is 0 Å². The Morgan fingerprint density at radius 3 is 2.50 bits per heavy atom. The van der Waals surface area contributed by atoms with Crippen LogP contribution in [0.3, 0.4) is 0 Å². The van der Waals surface area contributed by atoms with Crippen LogP contribution in [0, 0.1) is 0 Å². The Labute approximate surface area is 153 Å². The zero-order valence-electron chi connectivity index (χ0n) is 15.1. The highest BCUT2D eigenvalue weighted by molar-refractivity contribution is 6.17. The van der Waals surface area contributed by atoms with Crippen LogP contribution < -0.4 is 4.65 Å². The third-order valence-corrected chi connectivity index (χ3v) is 4.67. The Morgan fingerprint density at radius 2 is 1.73 bits per heavy atom. The van der Waals surface area contributed by atoms with E-state index < -0.39 is 0 Å². The van der Waals surface area contributed by atoms with Gasteiger partial charge in [0.2, 0.25) is 0 Å². The van der Waals surface area contributed by atoms with Gasteiger partial charge in [-0.25, -0.2) is 4.98 Å². The Hall–Kier alpha value is -2.79. The van der Waals surface area contributed by atoms with E-state index in [0.717, 1.165) is 27.6 Å². The molecule has 0 spiro atoms. The summed E-state index contributed by atoms with van der Waals surface area (Å²) < 4.78 is 7.32. The number of para-hydroxylation sites is 1. The van der Waals surface area contributed by atoms with Gasteiger partial charge in [-0.2, -0.15) is 0 Å². The first kappa shape index (κ1) is 16.7. The van der Waals surface area contributed by atoms with Crippen LogP contribution in [0.2, 0.25) is 0 Å². The predicted molar refractivity (Wildman–Crippen MR) is 106 cm³/mol. The maximum absolute atomic E-state index is 8.98. The average molecular weight is 343 g/mol. The smallest absolute Gasteiger partial charge is 0.537 e. The number of aromatic nitrogens is 2. The molecule has 129 valence electrons. The van der Waals surface area contributed by atoms with Crippen LogP contribution >= 0.6 is 0 Å². The van der Waals surface area contributed by atoms with Crippen LogP contribution in [0.1, 0.15) is 26.3 Å². The Bertz CT molecular complexity index is 1100. The summed E-state index contributed by atoms with van der Waals surface area (Å²) in [6, 6.07) is 18.3. The fourth-order valence-electron chi connectivity index (χ4n) is 3.34. The molecule has 0 unspecified atom stereocenters. The van der Waals surface area contributed by atoms with E-state index in [9.17, 15) is 0 Å². The van der Waals surface area contributed by atoms with E-state index in [4.69, 9.17) is 9.68 Å². The second-order valence-corrected chi connectivity index (χ2v) is 7.41. The maximum Gasteiger partial charge on any atom is 0.569 e. The summed E-state index contributed by atoms with van der Waals surface area (Å²) in [5.41, 5.74) is 3.34. The molecule has 1 radical (unpaired) electrons. The summed E-state index contributed by atoms with van der Waals surface area (Å²) in [4.78, 5) is 4.64. The molecule has 0 atom stereocenters. The van der Waals surface area contributed by atoms with Crippen LogP contribution in [0.5, 0.6) is 5.75 Å². The van der Waals surface area contributed by atoms with Gasteiger partial charge in [0.15, 0.2) is 0 Å². The van der Waals surface area contributed by atoms with Crippen molar-refractivity contribution in [2.75, 3.05) is 0 Å². The molecule has 0 aliphatic carbocycles. The minimum absolute atomic E-state index is 0.0383. The molecule has 2 aromatic heterocycles. The summed E-state index contributed by atoms with van der Waals surface area (Å²) in [6.45, 7) is 6.59. The monoisotopic (exact) mass is 343 g/mol. The molecule has 0 fully saturated rings. The molecule has 2 aromatic carbocycles. The van der Waals surface area contributed by atoms with Crippen molar-refractivity contribution in [1.29, 1.82) is 0 Å². The van der Waals surface area contributed by atoms with Crippen LogP contribution in [0.25, 0.3) is 27.6 Å². The summed E-state index contributed by atoms with van der Waals surface area (Å²) in [5.74, 6) is 1.45. The second-order valence-electron chi connectivity index (χ2n) is 7.41. The van der Waals surface area contributed by atoms with Crippen molar-refractivity contribution in [2.45, 2.75) is 26.2 Å². The van der Waals surface area contributed by atoms with Crippen molar-refractivity contribution in [2.24, 2.45) is 0 Å². The van der Waals surface area contributed by atoms with Gasteiger partial charge in [-0.1, -0.05) is 39.0 Å². The SMILES string of the molecule is CC(C)(C)c1ccnc(-n2c3ccccc3c3ccc(O[B]O)cc32)c1. The largest absolute Gasteiger partial charge is 0.569 e. The maximum atomic E-state index is 8.98. The predicted octanol–water partition coefficient (Wildman–Crippen LogP) is 4.38. The van der Waals surface area contributed by atoms with Crippen molar-refractivity contribution in [3.63, 3.8) is 0 Å². The zero-order chi connectivity index (χ0) is 18.3. The molecule has 0 amide bonds. The lowest BCUT2D eigenvalue weighted by molar-refractivity contribution is 0.454. The molecule has 4 rings (SSSR count). The molecular formula is C21H20BN2O2. The minimum atomic E-state index is 0.0383. The molecule has 0 saturated carbocycles. The van der Waals surface area contributed by atoms with Gasteiger partial charge in [-0.15, -0.1) is 0 Å². The number of hydrogen-bond donors (Lipinski definition) is 1. The molecule has 4 nitrogen and oxygen atoms in total. The van der Waals surface area contributed by atoms with Gasteiger partial charge < -0.3 is 9.68 Å². The van der Waals surface area contributed by atoms with Crippen LogP contribution in [0.15, 0.2) is 60.8 Å². The molecule has 0 aliphatic rings. The van der Waals surface area contributed by atoms with Crippen LogP contribution in [-0.2, 0) is 5.41 Å². The third kappa shape index (κ3) is 2.74. The van der Waals surface area contributed by atoms with Gasteiger partial charge in [0, 0.05) is 23.0 Å². The summed E-state index contributed by atoms with van der Waals surface area (Å²) in [7, 11) is 0.701. The molecular weight excluding hydrogens is 323 g/mol. The molecule has 0 saturated heterocycles. The van der Waals surface area contributed by atoms with Crippen molar-refractivity contribution < 1.29 is 9.68 Å². The van der Waals surface area contributed by atoms with E-state index in [-0.39, 0.29) is 5.41 Å². The quantitative estimate of drug-likeness (QED) is 0.562. The first-order valence-electron chi connectivity index (χ1n) is 8.62. The molecule has 2 heterocycles. The number of hydrogen-bond acceptors (Lipinski definition) is 3. The Kier molecular flexibility index (Phi) is 3.96. The zero-order valence-corrected chi connectivity index (χ0v) is 15.1. The highest BCUT2D eigenvalue weighted by atomic mass is 16.5. The number of nitrogens with zero attached hydrogens (tertiary/aromatic N) is 2. The topological polar surface area (TPSA) is 47.3 Å². The number of benzene rings is 2. The number of fused-ring (bicyclic) bond motifs is 3. The molecule has 1 N–H and O–H groups in total. The van der Waals surface area contributed by atoms with Gasteiger partial charge in [-0.3, -0.25) is 4.57 Å². The first-order chi connectivity index (χ1) is 12.5. The van der Waals surface area contributed by atoms with Crippen LogP contribution in [-0.4, -0.2) is 22.3 Å². The highest BCUT2D eigenvalue weighted by Crippen LogP contribution is 2.34. The van der Waals surface area contributed by atoms with E-state index in [1.807, 2.05) is 36.5 Å². The van der Waals surface area contributed by atoms with Crippen molar-refractivity contribution in [1.82, 2.24) is 9.55 Å². The molecule has 0 aliphatic heterocycles. The highest BCUT2D eigenvalue weighted by Gasteiger charge is 2.17. The van der Waals surface area contributed by atoms with E-state index >= 15 is 0 Å². The lowest BCUT2D eigenvalue weighted by Gasteiger charge is -2.20. The second kappa shape index (κ2) is 6.18. The van der Waals surface area contributed by atoms with E-state index in [1.54, 1.807) is 0 Å². The third-order valence-electron chi connectivity index (χ3n) is 4.67.